The van der Waals surface area contributed by atoms with E-state index in [0.29, 0.717) is 23.5 Å². The quantitative estimate of drug-likeness (QED) is 0.495. The molecule has 2 aromatic carbocycles. The van der Waals surface area contributed by atoms with Crippen LogP contribution in [0.4, 0.5) is 10.5 Å². The minimum Gasteiger partial charge on any atom is -0.496 e. The maximum absolute atomic E-state index is 12.5. The molecule has 1 heterocycles. The van der Waals surface area contributed by atoms with E-state index in [4.69, 9.17) is 4.74 Å². The number of carbonyl (C=O) groups is 2. The van der Waals surface area contributed by atoms with Crippen molar-refractivity contribution in [3.63, 3.8) is 0 Å². The summed E-state index contributed by atoms with van der Waals surface area (Å²) in [5.74, 6) is 0.406. The van der Waals surface area contributed by atoms with Gasteiger partial charge in [-0.1, -0.05) is 45.0 Å². The van der Waals surface area contributed by atoms with E-state index in [1.54, 1.807) is 24.1 Å². The smallest absolute Gasteiger partial charge is 0.328 e. The number of ether oxygens (including phenoxy) is 1. The Labute approximate surface area is 193 Å². The summed E-state index contributed by atoms with van der Waals surface area (Å²) in [6, 6.07) is 10.7. The summed E-state index contributed by atoms with van der Waals surface area (Å²) in [7, 11) is -1.81. The second kappa shape index (κ2) is 9.22. The van der Waals surface area contributed by atoms with E-state index >= 15 is 0 Å². The van der Waals surface area contributed by atoms with E-state index in [9.17, 15) is 18.0 Å². The number of carbonyl (C=O) groups excluding carboxylic acids is 2. The number of anilines is 1. The van der Waals surface area contributed by atoms with Crippen LogP contribution in [-0.4, -0.2) is 46.5 Å². The zero-order valence-electron chi connectivity index (χ0n) is 19.3. The Morgan fingerprint density at radius 2 is 1.82 bits per heavy atom. The number of hydrazone groups is 1. The molecule has 1 fully saturated rings. The first-order valence-corrected chi connectivity index (χ1v) is 12.2. The molecule has 0 atom stereocenters. The van der Waals surface area contributed by atoms with E-state index in [1.807, 2.05) is 24.3 Å². The third-order valence-corrected chi connectivity index (χ3v) is 5.54. The van der Waals surface area contributed by atoms with Gasteiger partial charge < -0.3 is 4.74 Å². The highest BCUT2D eigenvalue weighted by Gasteiger charge is 2.29. The molecule has 0 saturated carbocycles. The average molecular weight is 473 g/mol. The van der Waals surface area contributed by atoms with Crippen LogP contribution in [0.2, 0.25) is 0 Å². The van der Waals surface area contributed by atoms with E-state index in [1.165, 1.54) is 6.21 Å². The fourth-order valence-corrected chi connectivity index (χ4v) is 3.76. The number of urea groups is 1. The molecule has 0 radical (unpaired) electrons. The molecule has 1 aliphatic rings. The lowest BCUT2D eigenvalue weighted by Gasteiger charge is -2.31. The van der Waals surface area contributed by atoms with E-state index in [-0.39, 0.29) is 17.7 Å². The van der Waals surface area contributed by atoms with Crippen LogP contribution in [0.25, 0.3) is 11.1 Å². The first-order chi connectivity index (χ1) is 15.4. The Morgan fingerprint density at radius 3 is 2.36 bits per heavy atom. The van der Waals surface area contributed by atoms with Crippen LogP contribution in [0.1, 0.15) is 38.3 Å². The van der Waals surface area contributed by atoms with Crippen molar-refractivity contribution < 1.29 is 22.7 Å². The van der Waals surface area contributed by atoms with Gasteiger partial charge in [-0.15, -0.1) is 0 Å². The van der Waals surface area contributed by atoms with Crippen molar-refractivity contribution >= 4 is 33.9 Å². The first-order valence-electron chi connectivity index (χ1n) is 10.3. The zero-order chi connectivity index (χ0) is 24.4. The minimum atomic E-state index is -3.42. The molecular weight excluding hydrogens is 444 g/mol. The van der Waals surface area contributed by atoms with Gasteiger partial charge >= 0.3 is 6.03 Å². The van der Waals surface area contributed by atoms with Gasteiger partial charge in [0.05, 0.1) is 19.6 Å². The van der Waals surface area contributed by atoms with Crippen molar-refractivity contribution in [1.82, 2.24) is 10.1 Å². The second-order valence-corrected chi connectivity index (χ2v) is 10.5. The number of hydrogen-bond acceptors (Lipinski definition) is 6. The summed E-state index contributed by atoms with van der Waals surface area (Å²) in [4.78, 5) is 27.7. The topological polar surface area (TPSA) is 117 Å². The molecule has 1 aliphatic heterocycles. The number of rotatable bonds is 6. The Kier molecular flexibility index (Phi) is 6.78. The molecule has 176 valence electrons. The standard InChI is InChI=1S/C23H28N4O5S/c1-23(2,3)19-13-17(27-11-10-20(28)25-22(27)29)12-18(21(19)32-4)16-8-6-15(7-9-16)14-24-26-33(5,30)31/h6-9,12-14,26H,10-11H2,1-5H3,(H,25,28,29). The number of imide groups is 1. The number of amides is 3. The van der Waals surface area contributed by atoms with Crippen LogP contribution in [0.3, 0.4) is 0 Å². The van der Waals surface area contributed by atoms with Gasteiger partial charge in [0.1, 0.15) is 5.75 Å². The molecule has 3 rings (SSSR count). The predicted molar refractivity (Wildman–Crippen MR) is 128 cm³/mol. The molecule has 0 aromatic heterocycles. The number of nitrogens with one attached hydrogen (secondary N) is 2. The van der Waals surface area contributed by atoms with E-state index < -0.39 is 16.1 Å². The summed E-state index contributed by atoms with van der Waals surface area (Å²) in [6.07, 6.45) is 2.67. The lowest BCUT2D eigenvalue weighted by atomic mass is 9.83. The van der Waals surface area contributed by atoms with Crippen LogP contribution in [0.5, 0.6) is 5.75 Å². The number of sulfonamides is 1. The second-order valence-electron chi connectivity index (χ2n) is 8.82. The molecule has 2 aromatic rings. The summed E-state index contributed by atoms with van der Waals surface area (Å²) in [5.41, 5.74) is 3.66. The highest BCUT2D eigenvalue weighted by atomic mass is 32.2. The fraction of sp³-hybridized carbons (Fsp3) is 0.348. The molecular formula is C23H28N4O5S. The Bertz CT molecular complexity index is 1200. The van der Waals surface area contributed by atoms with Gasteiger partial charge in [0, 0.05) is 29.8 Å². The zero-order valence-corrected chi connectivity index (χ0v) is 20.1. The largest absolute Gasteiger partial charge is 0.496 e. The van der Waals surface area contributed by atoms with Crippen LogP contribution < -0.4 is 19.8 Å². The van der Waals surface area contributed by atoms with Crippen molar-refractivity contribution in [3.05, 3.63) is 47.5 Å². The third-order valence-electron chi connectivity index (χ3n) is 5.11. The number of benzene rings is 2. The summed E-state index contributed by atoms with van der Waals surface area (Å²) in [5, 5.41) is 6.08. The molecule has 3 amide bonds. The highest BCUT2D eigenvalue weighted by Crippen LogP contribution is 2.42. The maximum Gasteiger partial charge on any atom is 0.328 e. The normalized spacial score (nSPS) is 15.0. The Hall–Kier alpha value is -3.40. The number of nitrogens with zero attached hydrogens (tertiary/aromatic N) is 2. The minimum absolute atomic E-state index is 0.230. The van der Waals surface area contributed by atoms with Crippen molar-refractivity contribution in [2.75, 3.05) is 24.8 Å². The lowest BCUT2D eigenvalue weighted by Crippen LogP contribution is -2.49. The average Bonchev–Trinajstić information content (AvgIpc) is 2.72. The van der Waals surface area contributed by atoms with Gasteiger partial charge in [-0.2, -0.15) is 5.10 Å². The van der Waals surface area contributed by atoms with Crippen LogP contribution in [-0.2, 0) is 20.2 Å². The van der Waals surface area contributed by atoms with Crippen LogP contribution >= 0.6 is 0 Å². The van der Waals surface area contributed by atoms with Gasteiger partial charge in [0.2, 0.25) is 15.9 Å². The van der Waals surface area contributed by atoms with Crippen molar-refractivity contribution in [3.8, 4) is 16.9 Å². The summed E-state index contributed by atoms with van der Waals surface area (Å²) >= 11 is 0. The molecule has 10 heteroatoms. The van der Waals surface area contributed by atoms with Crippen molar-refractivity contribution in [2.24, 2.45) is 5.10 Å². The monoisotopic (exact) mass is 472 g/mol. The highest BCUT2D eigenvalue weighted by molar-refractivity contribution is 7.88. The van der Waals surface area contributed by atoms with Crippen LogP contribution in [0, 0.1) is 0 Å². The van der Waals surface area contributed by atoms with E-state index in [0.717, 1.165) is 22.9 Å². The molecule has 33 heavy (non-hydrogen) atoms. The third kappa shape index (κ3) is 5.89. The molecule has 0 aliphatic carbocycles. The maximum atomic E-state index is 12.5. The number of methoxy groups -OCH3 is 1. The van der Waals surface area contributed by atoms with Crippen molar-refractivity contribution in [1.29, 1.82) is 0 Å². The molecule has 0 bridgehead atoms. The van der Waals surface area contributed by atoms with Gasteiger partial charge in [-0.05, 0) is 28.7 Å². The van der Waals surface area contributed by atoms with Crippen LogP contribution in [0.15, 0.2) is 41.5 Å². The van der Waals surface area contributed by atoms with Gasteiger partial charge in [-0.3, -0.25) is 15.0 Å². The molecule has 0 spiro atoms. The summed E-state index contributed by atoms with van der Waals surface area (Å²) < 4.78 is 28.1. The molecule has 0 unspecified atom stereocenters. The fourth-order valence-electron chi connectivity index (χ4n) is 3.52. The SMILES string of the molecule is COc1c(-c2ccc(C=NNS(C)(=O)=O)cc2)cc(N2CCC(=O)NC2=O)cc1C(C)(C)C. The Morgan fingerprint density at radius 1 is 1.15 bits per heavy atom. The first kappa shape index (κ1) is 24.2. The molecule has 1 saturated heterocycles. The molecule has 2 N–H and O–H groups in total. The number of hydrogen-bond donors (Lipinski definition) is 2. The van der Waals surface area contributed by atoms with Gasteiger partial charge in [-0.25, -0.2) is 18.0 Å². The van der Waals surface area contributed by atoms with Gasteiger partial charge in [0.25, 0.3) is 0 Å². The lowest BCUT2D eigenvalue weighted by molar-refractivity contribution is -0.120. The van der Waals surface area contributed by atoms with Gasteiger partial charge in [0.15, 0.2) is 0 Å². The van der Waals surface area contributed by atoms with E-state index in [2.05, 4.69) is 36.0 Å². The van der Waals surface area contributed by atoms with Crippen molar-refractivity contribution in [2.45, 2.75) is 32.6 Å². The Balaban J connectivity index is 2.06. The summed E-state index contributed by atoms with van der Waals surface area (Å²) in [6.45, 7) is 6.48. The molecule has 9 nitrogen and oxygen atoms in total. The predicted octanol–water partition coefficient (Wildman–Crippen LogP) is 2.99.